The van der Waals surface area contributed by atoms with Crippen LogP contribution in [-0.4, -0.2) is 35.8 Å². The molecule has 1 saturated heterocycles. The molecule has 1 aliphatic heterocycles. The van der Waals surface area contributed by atoms with E-state index in [-0.39, 0.29) is 5.69 Å². The minimum atomic E-state index is -0.960. The number of aryl methyl sites for hydroxylation is 1. The van der Waals surface area contributed by atoms with Crippen LogP contribution >= 0.6 is 11.3 Å². The highest BCUT2D eigenvalue weighted by molar-refractivity contribution is 7.15. The Hall–Kier alpha value is -1.14. The molecule has 0 unspecified atom stereocenters. The van der Waals surface area contributed by atoms with Gasteiger partial charge in [-0.3, -0.25) is 0 Å². The van der Waals surface area contributed by atoms with E-state index in [0.29, 0.717) is 11.0 Å². The Morgan fingerprint density at radius 2 is 2.29 bits per heavy atom. The summed E-state index contributed by atoms with van der Waals surface area (Å²) in [4.78, 5) is 15.7. The summed E-state index contributed by atoms with van der Waals surface area (Å²) in [6.07, 6.45) is 2.12. The zero-order valence-corrected chi connectivity index (χ0v) is 10.5. The number of ether oxygens (including phenoxy) is 1. The minimum absolute atomic E-state index is 0.157. The molecule has 5 nitrogen and oxygen atoms in total. The van der Waals surface area contributed by atoms with Crippen LogP contribution in [-0.2, 0) is 4.74 Å². The van der Waals surface area contributed by atoms with Crippen LogP contribution in [0.3, 0.4) is 0 Å². The van der Waals surface area contributed by atoms with E-state index in [1.165, 1.54) is 11.3 Å². The van der Waals surface area contributed by atoms with Crippen molar-refractivity contribution >= 4 is 22.4 Å². The Morgan fingerprint density at radius 3 is 2.88 bits per heavy atom. The first-order valence-electron chi connectivity index (χ1n) is 5.69. The standard InChI is InChI=1S/C11H16N2O3S/c1-7-9(10(14)15)13-11(17-7)12-6-8-2-4-16-5-3-8/h8H,2-6H2,1H3,(H,12,13)(H,14,15). The number of hydrogen-bond acceptors (Lipinski definition) is 5. The van der Waals surface area contributed by atoms with Crippen LogP contribution < -0.4 is 5.32 Å². The fourth-order valence-electron chi connectivity index (χ4n) is 1.85. The Bertz CT molecular complexity index is 399. The maximum atomic E-state index is 10.8. The van der Waals surface area contributed by atoms with E-state index in [2.05, 4.69) is 10.3 Å². The number of aromatic carboxylic acids is 1. The molecule has 94 valence electrons. The fraction of sp³-hybridized carbons (Fsp3) is 0.636. The fourth-order valence-corrected chi connectivity index (χ4v) is 2.66. The van der Waals surface area contributed by atoms with E-state index in [1.54, 1.807) is 6.92 Å². The van der Waals surface area contributed by atoms with Gasteiger partial charge in [-0.2, -0.15) is 0 Å². The molecule has 0 radical (unpaired) electrons. The molecule has 0 spiro atoms. The Balaban J connectivity index is 1.90. The Labute approximate surface area is 104 Å². The molecule has 0 saturated carbocycles. The molecule has 1 aromatic heterocycles. The Morgan fingerprint density at radius 1 is 1.59 bits per heavy atom. The first-order chi connectivity index (χ1) is 8.16. The zero-order valence-electron chi connectivity index (χ0n) is 9.73. The molecule has 1 fully saturated rings. The summed E-state index contributed by atoms with van der Waals surface area (Å²) >= 11 is 1.40. The lowest BCUT2D eigenvalue weighted by molar-refractivity contribution is 0.0690. The van der Waals surface area contributed by atoms with E-state index in [9.17, 15) is 4.79 Å². The van der Waals surface area contributed by atoms with Crippen molar-refractivity contribution in [2.75, 3.05) is 25.1 Å². The predicted molar refractivity (Wildman–Crippen MR) is 65.8 cm³/mol. The summed E-state index contributed by atoms with van der Waals surface area (Å²) in [6.45, 7) is 4.27. The van der Waals surface area contributed by atoms with Crippen LogP contribution in [0.15, 0.2) is 0 Å². The molecule has 17 heavy (non-hydrogen) atoms. The lowest BCUT2D eigenvalue weighted by Crippen LogP contribution is -2.22. The van der Waals surface area contributed by atoms with Gasteiger partial charge in [0.05, 0.1) is 0 Å². The number of aromatic nitrogens is 1. The lowest BCUT2D eigenvalue weighted by Gasteiger charge is -2.21. The number of hydrogen-bond donors (Lipinski definition) is 2. The monoisotopic (exact) mass is 256 g/mol. The number of rotatable bonds is 4. The molecule has 0 aliphatic carbocycles. The highest BCUT2D eigenvalue weighted by Crippen LogP contribution is 2.23. The van der Waals surface area contributed by atoms with Crippen molar-refractivity contribution in [3.63, 3.8) is 0 Å². The number of carbonyl (C=O) groups is 1. The molecular formula is C11H16N2O3S. The number of carboxylic acids is 1. The van der Waals surface area contributed by atoms with E-state index >= 15 is 0 Å². The van der Waals surface area contributed by atoms with Crippen molar-refractivity contribution in [3.8, 4) is 0 Å². The highest BCUT2D eigenvalue weighted by atomic mass is 32.1. The number of thiazole rings is 1. The third kappa shape index (κ3) is 3.17. The van der Waals surface area contributed by atoms with Gasteiger partial charge in [0.25, 0.3) is 0 Å². The minimum Gasteiger partial charge on any atom is -0.476 e. The molecular weight excluding hydrogens is 240 g/mol. The van der Waals surface area contributed by atoms with Crippen molar-refractivity contribution in [2.45, 2.75) is 19.8 Å². The van der Waals surface area contributed by atoms with Gasteiger partial charge in [-0.1, -0.05) is 0 Å². The number of nitrogens with one attached hydrogen (secondary N) is 1. The van der Waals surface area contributed by atoms with Gasteiger partial charge in [0, 0.05) is 24.6 Å². The average Bonchev–Trinajstić information content (AvgIpc) is 2.69. The van der Waals surface area contributed by atoms with Gasteiger partial charge in [-0.25, -0.2) is 9.78 Å². The summed E-state index contributed by atoms with van der Waals surface area (Å²) in [5.41, 5.74) is 0.157. The van der Waals surface area contributed by atoms with Crippen molar-refractivity contribution in [3.05, 3.63) is 10.6 Å². The SMILES string of the molecule is Cc1sc(NCC2CCOCC2)nc1C(=O)O. The van der Waals surface area contributed by atoms with Crippen LogP contribution in [0.1, 0.15) is 28.2 Å². The van der Waals surface area contributed by atoms with Gasteiger partial charge < -0.3 is 15.2 Å². The number of nitrogens with zero attached hydrogens (tertiary/aromatic N) is 1. The lowest BCUT2D eigenvalue weighted by atomic mass is 10.0. The van der Waals surface area contributed by atoms with Gasteiger partial charge in [-0.05, 0) is 25.7 Å². The first kappa shape index (κ1) is 12.3. The summed E-state index contributed by atoms with van der Waals surface area (Å²) < 4.78 is 5.29. The van der Waals surface area contributed by atoms with Crippen LogP contribution in [0, 0.1) is 12.8 Å². The topological polar surface area (TPSA) is 71.5 Å². The normalized spacial score (nSPS) is 17.0. The van der Waals surface area contributed by atoms with Crippen molar-refractivity contribution in [1.82, 2.24) is 4.98 Å². The molecule has 6 heteroatoms. The van der Waals surface area contributed by atoms with Crippen molar-refractivity contribution < 1.29 is 14.6 Å². The summed E-state index contributed by atoms with van der Waals surface area (Å²) in [5, 5.41) is 12.8. The third-order valence-corrected chi connectivity index (χ3v) is 3.81. The van der Waals surface area contributed by atoms with Crippen LogP contribution in [0.25, 0.3) is 0 Å². The van der Waals surface area contributed by atoms with Crippen LogP contribution in [0.5, 0.6) is 0 Å². The summed E-state index contributed by atoms with van der Waals surface area (Å²) in [6, 6.07) is 0. The summed E-state index contributed by atoms with van der Waals surface area (Å²) in [7, 11) is 0. The third-order valence-electron chi connectivity index (χ3n) is 2.88. The van der Waals surface area contributed by atoms with Crippen molar-refractivity contribution in [1.29, 1.82) is 0 Å². The molecule has 2 N–H and O–H groups in total. The quantitative estimate of drug-likeness (QED) is 0.862. The van der Waals surface area contributed by atoms with Gasteiger partial charge in [0.1, 0.15) is 0 Å². The molecule has 0 aromatic carbocycles. The van der Waals surface area contributed by atoms with Gasteiger partial charge in [0.15, 0.2) is 10.8 Å². The second kappa shape index (κ2) is 5.46. The highest BCUT2D eigenvalue weighted by Gasteiger charge is 2.16. The van der Waals surface area contributed by atoms with E-state index in [1.807, 2.05) is 0 Å². The smallest absolute Gasteiger partial charge is 0.355 e. The van der Waals surface area contributed by atoms with E-state index in [4.69, 9.17) is 9.84 Å². The molecule has 1 aliphatic rings. The molecule has 1 aromatic rings. The van der Waals surface area contributed by atoms with E-state index < -0.39 is 5.97 Å². The molecule has 2 rings (SSSR count). The Kier molecular flexibility index (Phi) is 3.96. The molecule has 0 atom stereocenters. The van der Waals surface area contributed by atoms with Crippen LogP contribution in [0.4, 0.5) is 5.13 Å². The van der Waals surface area contributed by atoms with Gasteiger partial charge in [0.2, 0.25) is 0 Å². The average molecular weight is 256 g/mol. The van der Waals surface area contributed by atoms with Crippen LogP contribution in [0.2, 0.25) is 0 Å². The van der Waals surface area contributed by atoms with E-state index in [0.717, 1.165) is 37.5 Å². The maximum Gasteiger partial charge on any atom is 0.355 e. The second-order valence-electron chi connectivity index (χ2n) is 4.17. The van der Waals surface area contributed by atoms with Gasteiger partial charge in [-0.15, -0.1) is 11.3 Å². The zero-order chi connectivity index (χ0) is 12.3. The molecule has 2 heterocycles. The van der Waals surface area contributed by atoms with Gasteiger partial charge >= 0.3 is 5.97 Å². The molecule has 0 amide bonds. The predicted octanol–water partition coefficient (Wildman–Crippen LogP) is 1.99. The summed E-state index contributed by atoms with van der Waals surface area (Å²) in [5.74, 6) is -0.362. The second-order valence-corrected chi connectivity index (χ2v) is 5.37. The van der Waals surface area contributed by atoms with Crippen molar-refractivity contribution in [2.24, 2.45) is 5.92 Å². The number of carboxylic acid groups (broad SMARTS) is 1. The maximum absolute atomic E-state index is 10.8. The number of anilines is 1. The molecule has 0 bridgehead atoms. The largest absolute Gasteiger partial charge is 0.476 e. The first-order valence-corrected chi connectivity index (χ1v) is 6.51.